The highest BCUT2D eigenvalue weighted by molar-refractivity contribution is 7.11. The van der Waals surface area contributed by atoms with Gasteiger partial charge in [0.1, 0.15) is 0 Å². The van der Waals surface area contributed by atoms with Gasteiger partial charge in [0.05, 0.1) is 5.01 Å². The quantitative estimate of drug-likeness (QED) is 0.777. The van der Waals surface area contributed by atoms with Crippen LogP contribution in [0.1, 0.15) is 23.2 Å². The van der Waals surface area contributed by atoms with E-state index in [-0.39, 0.29) is 0 Å². The first kappa shape index (κ1) is 9.68. The van der Waals surface area contributed by atoms with Gasteiger partial charge >= 0.3 is 0 Å². The van der Waals surface area contributed by atoms with Gasteiger partial charge in [-0.1, -0.05) is 13.3 Å². The second kappa shape index (κ2) is 4.58. The molecule has 0 saturated carbocycles. The molecule has 0 aliphatic heterocycles. The maximum atomic E-state index is 5.62. The molecular weight excluding hydrogens is 168 g/mol. The summed E-state index contributed by atoms with van der Waals surface area (Å²) >= 11 is 1.78. The zero-order valence-corrected chi connectivity index (χ0v) is 8.53. The van der Waals surface area contributed by atoms with E-state index in [0.717, 1.165) is 24.4 Å². The van der Waals surface area contributed by atoms with Crippen LogP contribution in [0.4, 0.5) is 0 Å². The summed E-state index contributed by atoms with van der Waals surface area (Å²) in [5.41, 5.74) is 5.62. The molecule has 0 spiro atoms. The molecule has 1 aromatic rings. The largest absolute Gasteiger partial charge is 0.330 e. The average molecular weight is 184 g/mol. The predicted octanol–water partition coefficient (Wildman–Crippen LogP) is 1.98. The van der Waals surface area contributed by atoms with Crippen LogP contribution in [0.2, 0.25) is 0 Å². The summed E-state index contributed by atoms with van der Waals surface area (Å²) in [6.07, 6.45) is 4.23. The van der Waals surface area contributed by atoms with Gasteiger partial charge in [-0.15, -0.1) is 11.3 Å². The smallest absolute Gasteiger partial charge is 0.0896 e. The molecule has 2 nitrogen and oxygen atoms in total. The lowest BCUT2D eigenvalue weighted by molar-refractivity contribution is 0.522. The third-order valence-corrected chi connectivity index (χ3v) is 3.00. The van der Waals surface area contributed by atoms with Crippen LogP contribution in [0.5, 0.6) is 0 Å². The molecule has 1 unspecified atom stereocenters. The Balaban J connectivity index is 2.50. The third kappa shape index (κ3) is 2.57. The molecule has 1 rings (SSSR count). The van der Waals surface area contributed by atoms with E-state index in [1.807, 2.05) is 13.1 Å². The topological polar surface area (TPSA) is 38.9 Å². The van der Waals surface area contributed by atoms with Crippen LogP contribution in [0.15, 0.2) is 6.20 Å². The fourth-order valence-corrected chi connectivity index (χ4v) is 2.09. The Morgan fingerprint density at radius 3 is 2.83 bits per heavy atom. The molecule has 0 fully saturated rings. The van der Waals surface area contributed by atoms with Crippen LogP contribution in [-0.2, 0) is 6.42 Å². The molecule has 0 saturated heterocycles. The van der Waals surface area contributed by atoms with Crippen molar-refractivity contribution in [2.24, 2.45) is 11.7 Å². The third-order valence-electron chi connectivity index (χ3n) is 2.07. The molecule has 0 radical (unpaired) electrons. The number of rotatable bonds is 4. The van der Waals surface area contributed by atoms with Crippen molar-refractivity contribution >= 4 is 11.3 Å². The second-order valence-corrected chi connectivity index (χ2v) is 4.38. The van der Waals surface area contributed by atoms with Crippen LogP contribution < -0.4 is 5.73 Å². The number of hydrogen-bond acceptors (Lipinski definition) is 3. The lowest BCUT2D eigenvalue weighted by Gasteiger charge is -2.08. The van der Waals surface area contributed by atoms with Gasteiger partial charge in [0.25, 0.3) is 0 Å². The maximum absolute atomic E-state index is 5.62. The van der Waals surface area contributed by atoms with Gasteiger partial charge in [-0.05, 0) is 25.8 Å². The van der Waals surface area contributed by atoms with Crippen LogP contribution in [0, 0.1) is 12.8 Å². The maximum Gasteiger partial charge on any atom is 0.0896 e. The molecule has 0 amide bonds. The Morgan fingerprint density at radius 2 is 2.42 bits per heavy atom. The second-order valence-electron chi connectivity index (χ2n) is 3.06. The van der Waals surface area contributed by atoms with E-state index < -0.39 is 0 Å². The van der Waals surface area contributed by atoms with Crippen LogP contribution in [0.25, 0.3) is 0 Å². The number of nitrogens with zero attached hydrogens (tertiary/aromatic N) is 1. The minimum atomic E-state index is 0.629. The standard InChI is InChI=1S/C9H16N2S/c1-3-8(5-10)4-9-6-11-7(2)12-9/h6,8H,3-5,10H2,1-2H3. The molecule has 68 valence electrons. The van der Waals surface area contributed by atoms with E-state index in [2.05, 4.69) is 11.9 Å². The molecule has 1 heterocycles. The fraction of sp³-hybridized carbons (Fsp3) is 0.667. The van der Waals surface area contributed by atoms with Crippen molar-refractivity contribution in [1.82, 2.24) is 4.98 Å². The van der Waals surface area contributed by atoms with E-state index in [4.69, 9.17) is 5.73 Å². The highest BCUT2D eigenvalue weighted by Gasteiger charge is 2.06. The van der Waals surface area contributed by atoms with Gasteiger partial charge in [0, 0.05) is 11.1 Å². The first-order valence-corrected chi connectivity index (χ1v) is 5.19. The van der Waals surface area contributed by atoms with Gasteiger partial charge < -0.3 is 5.73 Å². The fourth-order valence-electron chi connectivity index (χ4n) is 1.18. The van der Waals surface area contributed by atoms with E-state index >= 15 is 0 Å². The summed E-state index contributed by atoms with van der Waals surface area (Å²) in [4.78, 5) is 5.58. The van der Waals surface area contributed by atoms with Crippen molar-refractivity contribution in [3.8, 4) is 0 Å². The summed E-state index contributed by atoms with van der Waals surface area (Å²) in [7, 11) is 0. The number of hydrogen-bond donors (Lipinski definition) is 1. The van der Waals surface area contributed by atoms with Crippen molar-refractivity contribution < 1.29 is 0 Å². The zero-order valence-electron chi connectivity index (χ0n) is 7.71. The molecule has 0 aliphatic rings. The summed E-state index contributed by atoms with van der Waals surface area (Å²) < 4.78 is 0. The molecule has 1 atom stereocenters. The first-order valence-electron chi connectivity index (χ1n) is 4.37. The lowest BCUT2D eigenvalue weighted by atomic mass is 10.0. The average Bonchev–Trinajstić information content (AvgIpc) is 2.47. The van der Waals surface area contributed by atoms with Crippen LogP contribution in [0.3, 0.4) is 0 Å². The van der Waals surface area contributed by atoms with E-state index in [9.17, 15) is 0 Å². The minimum Gasteiger partial charge on any atom is -0.330 e. The van der Waals surface area contributed by atoms with Crippen molar-refractivity contribution in [2.75, 3.05) is 6.54 Å². The SMILES string of the molecule is CCC(CN)Cc1cnc(C)s1. The van der Waals surface area contributed by atoms with E-state index in [1.54, 1.807) is 11.3 Å². The Morgan fingerprint density at radius 1 is 1.67 bits per heavy atom. The monoisotopic (exact) mass is 184 g/mol. The van der Waals surface area contributed by atoms with Crippen molar-refractivity contribution in [3.05, 3.63) is 16.1 Å². The minimum absolute atomic E-state index is 0.629. The molecule has 12 heavy (non-hydrogen) atoms. The Labute approximate surface area is 77.8 Å². The molecule has 0 bridgehead atoms. The summed E-state index contributed by atoms with van der Waals surface area (Å²) in [5, 5.41) is 1.15. The Bertz CT molecular complexity index is 228. The Kier molecular flexibility index (Phi) is 3.69. The summed E-state index contributed by atoms with van der Waals surface area (Å²) in [5.74, 6) is 0.629. The normalized spacial score (nSPS) is 13.2. The number of aromatic nitrogens is 1. The highest BCUT2D eigenvalue weighted by atomic mass is 32.1. The molecule has 1 aromatic heterocycles. The molecule has 2 N–H and O–H groups in total. The summed E-state index contributed by atoms with van der Waals surface area (Å²) in [6.45, 7) is 5.01. The number of aryl methyl sites for hydroxylation is 1. The van der Waals surface area contributed by atoms with Gasteiger partial charge in [-0.25, -0.2) is 4.98 Å². The zero-order chi connectivity index (χ0) is 8.97. The molecule has 0 aromatic carbocycles. The van der Waals surface area contributed by atoms with Crippen LogP contribution in [-0.4, -0.2) is 11.5 Å². The van der Waals surface area contributed by atoms with E-state index in [1.165, 1.54) is 4.88 Å². The van der Waals surface area contributed by atoms with Crippen molar-refractivity contribution in [2.45, 2.75) is 26.7 Å². The van der Waals surface area contributed by atoms with Gasteiger partial charge in [-0.3, -0.25) is 0 Å². The number of thiazole rings is 1. The predicted molar refractivity (Wildman–Crippen MR) is 53.4 cm³/mol. The molecular formula is C9H16N2S. The van der Waals surface area contributed by atoms with E-state index in [0.29, 0.717) is 5.92 Å². The Hall–Kier alpha value is -0.410. The van der Waals surface area contributed by atoms with Crippen molar-refractivity contribution in [3.63, 3.8) is 0 Å². The van der Waals surface area contributed by atoms with Crippen molar-refractivity contribution in [1.29, 1.82) is 0 Å². The van der Waals surface area contributed by atoms with Gasteiger partial charge in [-0.2, -0.15) is 0 Å². The highest BCUT2D eigenvalue weighted by Crippen LogP contribution is 2.17. The molecule has 0 aliphatic carbocycles. The van der Waals surface area contributed by atoms with Crippen LogP contribution >= 0.6 is 11.3 Å². The number of nitrogens with two attached hydrogens (primary N) is 1. The lowest BCUT2D eigenvalue weighted by Crippen LogP contribution is -2.15. The van der Waals surface area contributed by atoms with Gasteiger partial charge in [0.15, 0.2) is 0 Å². The first-order chi connectivity index (χ1) is 5.76. The van der Waals surface area contributed by atoms with Gasteiger partial charge in [0.2, 0.25) is 0 Å². The summed E-state index contributed by atoms with van der Waals surface area (Å²) in [6, 6.07) is 0. The molecule has 3 heteroatoms.